The van der Waals surface area contributed by atoms with Crippen molar-refractivity contribution in [1.29, 1.82) is 0 Å². The number of likely N-dealkylation sites (tertiary alicyclic amines) is 1. The maximum absolute atomic E-state index is 13.7. The number of ketones is 2. The lowest BCUT2D eigenvalue weighted by atomic mass is 9.91. The molecule has 36 heavy (non-hydrogen) atoms. The predicted molar refractivity (Wildman–Crippen MR) is 136 cm³/mol. The number of carbonyl (C=O) groups excluding carboxylic acids is 4. The molecule has 1 aliphatic heterocycles. The molecule has 2 aliphatic carbocycles. The highest BCUT2D eigenvalue weighted by atomic mass is 35.5. The molecule has 8 nitrogen and oxygen atoms in total. The molecule has 1 aromatic heterocycles. The van der Waals surface area contributed by atoms with E-state index in [9.17, 15) is 19.2 Å². The number of aromatic amines is 1. The largest absolute Gasteiger partial charge is 0.344 e. The summed E-state index contributed by atoms with van der Waals surface area (Å²) in [4.78, 5) is 61.3. The molecule has 2 N–H and O–H groups in total. The fourth-order valence-electron chi connectivity index (χ4n) is 6.31. The summed E-state index contributed by atoms with van der Waals surface area (Å²) in [6, 6.07) is 1.83. The average molecular weight is 533 g/mol. The van der Waals surface area contributed by atoms with Crippen molar-refractivity contribution >= 4 is 57.6 Å². The molecule has 3 fully saturated rings. The van der Waals surface area contributed by atoms with Crippen molar-refractivity contribution in [2.45, 2.75) is 70.4 Å². The zero-order valence-electron chi connectivity index (χ0n) is 20.2. The molecule has 0 bridgehead atoms. The topological polar surface area (TPSA) is 112 Å². The van der Waals surface area contributed by atoms with Gasteiger partial charge in [0, 0.05) is 25.3 Å². The summed E-state index contributed by atoms with van der Waals surface area (Å²) in [5, 5.41) is 3.72. The third kappa shape index (κ3) is 4.54. The standard InChI is InChI=1S/C26H30Cl2N4O4/c1-2-19(33)18(11-13-5-4-8-20(13)34)29-25(35)23-15-7-3-6-14(15)12-32(23)26(36)24-30-21-16(27)9-10-17(28)22(21)31-24/h9-10,13-15,18,23H,2-8,11-12H2,1H3,(H,29,35)(H,30,31)/t13-,14-,15-,18-,23-/m0/s1. The Hall–Kier alpha value is -2.45. The molecule has 2 amide bonds. The summed E-state index contributed by atoms with van der Waals surface area (Å²) in [6.45, 7) is 2.21. The molecule has 2 aromatic rings. The Morgan fingerprint density at radius 3 is 2.64 bits per heavy atom. The van der Waals surface area contributed by atoms with E-state index in [2.05, 4.69) is 15.3 Å². The summed E-state index contributed by atoms with van der Waals surface area (Å²) in [7, 11) is 0. The zero-order chi connectivity index (χ0) is 25.6. The molecular weight excluding hydrogens is 503 g/mol. The lowest BCUT2D eigenvalue weighted by Gasteiger charge is -2.29. The van der Waals surface area contributed by atoms with Gasteiger partial charge in [-0.15, -0.1) is 0 Å². The number of halogens is 2. The van der Waals surface area contributed by atoms with Crippen molar-refractivity contribution in [3.05, 3.63) is 28.0 Å². The fraction of sp³-hybridized carbons (Fsp3) is 0.577. The van der Waals surface area contributed by atoms with Crippen molar-refractivity contribution in [2.75, 3.05) is 6.54 Å². The van der Waals surface area contributed by atoms with Gasteiger partial charge in [0.05, 0.1) is 21.6 Å². The molecule has 5 atom stereocenters. The van der Waals surface area contributed by atoms with Crippen LogP contribution in [0.25, 0.3) is 11.0 Å². The number of fused-ring (bicyclic) bond motifs is 2. The fourth-order valence-corrected chi connectivity index (χ4v) is 6.71. The molecule has 0 unspecified atom stereocenters. The quantitative estimate of drug-likeness (QED) is 0.550. The van der Waals surface area contributed by atoms with E-state index in [1.165, 1.54) is 0 Å². The van der Waals surface area contributed by atoms with Crippen LogP contribution in [0.15, 0.2) is 12.1 Å². The minimum absolute atomic E-state index is 0.0241. The predicted octanol–water partition coefficient (Wildman–Crippen LogP) is 4.33. The van der Waals surface area contributed by atoms with Crippen molar-refractivity contribution in [2.24, 2.45) is 17.8 Å². The van der Waals surface area contributed by atoms with Crippen LogP contribution in [0.3, 0.4) is 0 Å². The Morgan fingerprint density at radius 1 is 1.17 bits per heavy atom. The summed E-state index contributed by atoms with van der Waals surface area (Å²) >= 11 is 12.5. The van der Waals surface area contributed by atoms with Crippen LogP contribution >= 0.6 is 23.2 Å². The Bertz CT molecular complexity index is 1190. The first kappa shape index (κ1) is 25.2. The first-order valence-electron chi connectivity index (χ1n) is 12.8. The molecule has 0 radical (unpaired) electrons. The van der Waals surface area contributed by atoms with Crippen molar-refractivity contribution in [1.82, 2.24) is 20.2 Å². The molecule has 192 valence electrons. The van der Waals surface area contributed by atoms with Crippen LogP contribution in [0.5, 0.6) is 0 Å². The van der Waals surface area contributed by atoms with Gasteiger partial charge in [-0.3, -0.25) is 19.2 Å². The van der Waals surface area contributed by atoms with Crippen LogP contribution in [0.4, 0.5) is 0 Å². The van der Waals surface area contributed by atoms with Gasteiger partial charge in [0.1, 0.15) is 17.3 Å². The molecule has 10 heteroatoms. The van der Waals surface area contributed by atoms with E-state index in [0.717, 1.165) is 32.1 Å². The van der Waals surface area contributed by atoms with Gasteiger partial charge < -0.3 is 15.2 Å². The van der Waals surface area contributed by atoms with E-state index >= 15 is 0 Å². The van der Waals surface area contributed by atoms with Gasteiger partial charge >= 0.3 is 0 Å². The number of imidazole rings is 1. The molecule has 2 saturated carbocycles. The molecule has 3 aliphatic rings. The first-order chi connectivity index (χ1) is 17.3. The molecule has 1 aromatic carbocycles. The first-order valence-corrected chi connectivity index (χ1v) is 13.5. The number of H-pyrrole nitrogens is 1. The van der Waals surface area contributed by atoms with E-state index in [4.69, 9.17) is 23.2 Å². The number of nitrogens with one attached hydrogen (secondary N) is 2. The highest BCUT2D eigenvalue weighted by Crippen LogP contribution is 2.43. The van der Waals surface area contributed by atoms with Crippen LogP contribution in [-0.4, -0.2) is 56.9 Å². The van der Waals surface area contributed by atoms with Gasteiger partial charge in [-0.2, -0.15) is 0 Å². The highest BCUT2D eigenvalue weighted by Gasteiger charge is 2.50. The Labute approximate surface area is 219 Å². The highest BCUT2D eigenvalue weighted by molar-refractivity contribution is 6.39. The Morgan fingerprint density at radius 2 is 1.94 bits per heavy atom. The minimum Gasteiger partial charge on any atom is -0.344 e. The number of benzene rings is 1. The Kier molecular flexibility index (Phi) is 7.10. The van der Waals surface area contributed by atoms with Gasteiger partial charge in [-0.25, -0.2) is 4.98 Å². The van der Waals surface area contributed by atoms with Crippen LogP contribution < -0.4 is 5.32 Å². The molecular formula is C26H30Cl2N4O4. The number of rotatable bonds is 7. The molecule has 5 rings (SSSR count). The van der Waals surface area contributed by atoms with Crippen LogP contribution in [-0.2, 0) is 14.4 Å². The molecule has 2 heterocycles. The Balaban J connectivity index is 1.40. The van der Waals surface area contributed by atoms with Gasteiger partial charge in [0.2, 0.25) is 5.91 Å². The van der Waals surface area contributed by atoms with Gasteiger partial charge in [-0.1, -0.05) is 36.5 Å². The van der Waals surface area contributed by atoms with Crippen molar-refractivity contribution in [3.63, 3.8) is 0 Å². The van der Waals surface area contributed by atoms with Crippen molar-refractivity contribution in [3.8, 4) is 0 Å². The van der Waals surface area contributed by atoms with E-state index in [1.54, 1.807) is 24.0 Å². The number of Topliss-reactive ketones (excluding diaryl/α,β-unsaturated/α-hetero) is 2. The summed E-state index contributed by atoms with van der Waals surface area (Å²) in [5.74, 6) is -0.530. The van der Waals surface area contributed by atoms with E-state index in [-0.39, 0.29) is 47.5 Å². The number of hydrogen-bond acceptors (Lipinski definition) is 5. The van der Waals surface area contributed by atoms with Gasteiger partial charge in [0.25, 0.3) is 5.91 Å². The lowest BCUT2D eigenvalue weighted by molar-refractivity contribution is -0.131. The summed E-state index contributed by atoms with van der Waals surface area (Å²) in [6.07, 6.45) is 5.50. The number of aromatic nitrogens is 2. The van der Waals surface area contributed by atoms with E-state index < -0.39 is 18.0 Å². The lowest BCUT2D eigenvalue weighted by Crippen LogP contribution is -2.53. The molecule has 1 saturated heterocycles. The summed E-state index contributed by atoms with van der Waals surface area (Å²) in [5.41, 5.74) is 0.880. The second kappa shape index (κ2) is 10.1. The second-order valence-corrected chi connectivity index (χ2v) is 11.1. The van der Waals surface area contributed by atoms with Crippen LogP contribution in [0.2, 0.25) is 10.0 Å². The third-order valence-electron chi connectivity index (χ3n) is 8.17. The monoisotopic (exact) mass is 532 g/mol. The molecule has 0 spiro atoms. The number of nitrogens with zero attached hydrogens (tertiary/aromatic N) is 2. The van der Waals surface area contributed by atoms with Crippen LogP contribution in [0, 0.1) is 17.8 Å². The zero-order valence-corrected chi connectivity index (χ0v) is 21.7. The smallest absolute Gasteiger partial charge is 0.290 e. The number of amides is 2. The average Bonchev–Trinajstić information content (AvgIpc) is 3.64. The maximum atomic E-state index is 13.7. The normalized spacial score (nSPS) is 26.4. The van der Waals surface area contributed by atoms with E-state index in [1.807, 2.05) is 0 Å². The van der Waals surface area contributed by atoms with Gasteiger partial charge in [-0.05, 0) is 56.1 Å². The number of carbonyl (C=O) groups is 4. The van der Waals surface area contributed by atoms with E-state index in [0.29, 0.717) is 40.5 Å². The number of hydrogen-bond donors (Lipinski definition) is 2. The van der Waals surface area contributed by atoms with Crippen molar-refractivity contribution < 1.29 is 19.2 Å². The van der Waals surface area contributed by atoms with Crippen LogP contribution in [0.1, 0.15) is 68.9 Å². The van der Waals surface area contributed by atoms with Gasteiger partial charge in [0.15, 0.2) is 11.6 Å². The summed E-state index contributed by atoms with van der Waals surface area (Å²) < 4.78 is 0. The SMILES string of the molecule is CCC(=O)[C@H](C[C@@H]1CCCC1=O)NC(=O)[C@@H]1[C@H]2CCC[C@H]2CN1C(=O)c1nc2c(Cl)ccc(Cl)c2[nH]1. The maximum Gasteiger partial charge on any atom is 0.290 e. The second-order valence-electron chi connectivity index (χ2n) is 10.3. The third-order valence-corrected chi connectivity index (χ3v) is 8.79. The minimum atomic E-state index is -0.726.